The Morgan fingerprint density at radius 1 is 0.429 bits per heavy atom. The van der Waals surface area contributed by atoms with Crippen molar-refractivity contribution in [2.45, 2.75) is 26.2 Å². The molecule has 1 aliphatic rings. The lowest BCUT2D eigenvalue weighted by atomic mass is 9.78. The summed E-state index contributed by atoms with van der Waals surface area (Å²) in [5.41, 5.74) is 6.17. The molecule has 0 unspecified atom stereocenters. The van der Waals surface area contributed by atoms with Crippen LogP contribution in [0.15, 0.2) is 127 Å². The summed E-state index contributed by atoms with van der Waals surface area (Å²) < 4.78 is 12.7. The van der Waals surface area contributed by atoms with E-state index in [2.05, 4.69) is 124 Å². The minimum absolute atomic E-state index is 0.0153. The Morgan fingerprint density at radius 2 is 0.905 bits per heavy atom. The Labute approximate surface area is 245 Å². The van der Waals surface area contributed by atoms with Gasteiger partial charge in [-0.3, -0.25) is 0 Å². The van der Waals surface area contributed by atoms with Gasteiger partial charge in [-0.05, 0) is 78.4 Å². The van der Waals surface area contributed by atoms with Gasteiger partial charge in [0, 0.05) is 5.39 Å². The Morgan fingerprint density at radius 3 is 1.50 bits per heavy atom. The third-order valence-electron chi connectivity index (χ3n) is 8.41. The van der Waals surface area contributed by atoms with Crippen molar-refractivity contribution in [3.05, 3.63) is 133 Å². The quantitative estimate of drug-likeness (QED) is 0.202. The highest BCUT2D eigenvalue weighted by Gasteiger charge is 2.25. The molecule has 0 aliphatic carbocycles. The van der Waals surface area contributed by atoms with Gasteiger partial charge in [0.15, 0.2) is 23.0 Å². The van der Waals surface area contributed by atoms with Gasteiger partial charge in [-0.2, -0.15) is 0 Å². The molecule has 2 heteroatoms. The molecular formula is C40H30O2. The van der Waals surface area contributed by atoms with Gasteiger partial charge in [0.2, 0.25) is 0 Å². The van der Waals surface area contributed by atoms with Crippen molar-refractivity contribution in [2.24, 2.45) is 0 Å². The molecule has 0 N–H and O–H groups in total. The number of ether oxygens (including phenoxy) is 2. The minimum atomic E-state index is 0.0153. The normalized spacial score (nSPS) is 12.5. The van der Waals surface area contributed by atoms with Crippen LogP contribution in [0.1, 0.15) is 26.3 Å². The average Bonchev–Trinajstić information content (AvgIpc) is 3.02. The SMILES string of the molecule is CC(C)(C)c1c2ccccc2c(-c2ccc(-c3cc4c(c5ccccc35)Oc3ccccc3O4)cc2)c2ccccc12. The smallest absolute Gasteiger partial charge is 0.177 e. The van der Waals surface area contributed by atoms with Crippen LogP contribution in [-0.4, -0.2) is 0 Å². The van der Waals surface area contributed by atoms with Gasteiger partial charge in [0.05, 0.1) is 0 Å². The van der Waals surface area contributed by atoms with Gasteiger partial charge in [-0.25, -0.2) is 0 Å². The Bertz CT molecular complexity index is 2110. The van der Waals surface area contributed by atoms with Crippen molar-refractivity contribution in [3.63, 3.8) is 0 Å². The number of rotatable bonds is 2. The lowest BCUT2D eigenvalue weighted by Crippen LogP contribution is -2.13. The standard InChI is InChI=1S/C40H30O2/c1-40(2,3)38-30-15-7-5-13-28(30)37(29-14-6-8-16-31(29)38)26-22-20-25(21-23-26)33-24-36-39(32-17-9-4-12-27(32)33)42-35-19-11-10-18-34(35)41-36/h4-24H,1-3H3. The van der Waals surface area contributed by atoms with E-state index in [0.717, 1.165) is 44.9 Å². The monoisotopic (exact) mass is 542 g/mol. The third-order valence-corrected chi connectivity index (χ3v) is 8.41. The van der Waals surface area contributed by atoms with Crippen LogP contribution in [0.2, 0.25) is 0 Å². The van der Waals surface area contributed by atoms with Crippen molar-refractivity contribution in [1.82, 2.24) is 0 Å². The van der Waals surface area contributed by atoms with Crippen LogP contribution in [0.25, 0.3) is 54.6 Å². The van der Waals surface area contributed by atoms with E-state index in [0.29, 0.717) is 0 Å². The summed E-state index contributed by atoms with van der Waals surface area (Å²) in [6.45, 7) is 6.93. The number of fused-ring (bicyclic) bond motifs is 6. The number of benzene rings is 7. The zero-order valence-corrected chi connectivity index (χ0v) is 23.9. The lowest BCUT2D eigenvalue weighted by Gasteiger charge is -2.26. The van der Waals surface area contributed by atoms with Crippen molar-refractivity contribution in [2.75, 3.05) is 0 Å². The molecule has 0 atom stereocenters. The lowest BCUT2D eigenvalue weighted by molar-refractivity contribution is 0.363. The molecule has 1 aliphatic heterocycles. The van der Waals surface area contributed by atoms with Gasteiger partial charge < -0.3 is 9.47 Å². The maximum atomic E-state index is 6.35. The Kier molecular flexibility index (Phi) is 5.42. The summed E-state index contributed by atoms with van der Waals surface area (Å²) in [6, 6.07) is 45.1. The predicted molar refractivity (Wildman–Crippen MR) is 175 cm³/mol. The highest BCUT2D eigenvalue weighted by molar-refractivity contribution is 6.15. The van der Waals surface area contributed by atoms with E-state index >= 15 is 0 Å². The summed E-state index contributed by atoms with van der Waals surface area (Å²) in [6.07, 6.45) is 0. The molecule has 0 saturated carbocycles. The first kappa shape index (κ1) is 24.7. The van der Waals surface area contributed by atoms with E-state index in [9.17, 15) is 0 Å². The van der Waals surface area contributed by atoms with Crippen molar-refractivity contribution >= 4 is 32.3 Å². The molecular weight excluding hydrogens is 512 g/mol. The molecule has 0 saturated heterocycles. The van der Waals surface area contributed by atoms with Crippen molar-refractivity contribution in [3.8, 4) is 45.3 Å². The molecule has 202 valence electrons. The third kappa shape index (κ3) is 3.79. The molecule has 0 aromatic heterocycles. The average molecular weight is 543 g/mol. The van der Waals surface area contributed by atoms with Gasteiger partial charge in [-0.1, -0.05) is 130 Å². The first-order valence-electron chi connectivity index (χ1n) is 14.5. The molecule has 0 fully saturated rings. The van der Waals surface area contributed by atoms with E-state index in [1.54, 1.807) is 0 Å². The van der Waals surface area contributed by atoms with Crippen LogP contribution in [0.5, 0.6) is 23.0 Å². The minimum Gasteiger partial charge on any atom is -0.449 e. The summed E-state index contributed by atoms with van der Waals surface area (Å²) in [5, 5.41) is 7.40. The molecule has 1 heterocycles. The second kappa shape index (κ2) is 9.22. The summed E-state index contributed by atoms with van der Waals surface area (Å²) in [4.78, 5) is 0. The zero-order chi connectivity index (χ0) is 28.4. The number of hydrogen-bond acceptors (Lipinski definition) is 2. The van der Waals surface area contributed by atoms with Crippen molar-refractivity contribution in [1.29, 1.82) is 0 Å². The summed E-state index contributed by atoms with van der Waals surface area (Å²) in [7, 11) is 0. The van der Waals surface area contributed by atoms with Gasteiger partial charge in [0.1, 0.15) is 0 Å². The molecule has 2 nitrogen and oxygen atoms in total. The second-order valence-electron chi connectivity index (χ2n) is 12.1. The maximum Gasteiger partial charge on any atom is 0.177 e. The highest BCUT2D eigenvalue weighted by atomic mass is 16.6. The van der Waals surface area contributed by atoms with Crippen LogP contribution in [0.4, 0.5) is 0 Å². The molecule has 42 heavy (non-hydrogen) atoms. The van der Waals surface area contributed by atoms with Gasteiger partial charge in [0.25, 0.3) is 0 Å². The molecule has 0 bridgehead atoms. The molecule has 0 amide bonds. The summed E-state index contributed by atoms with van der Waals surface area (Å²) in [5.74, 6) is 2.98. The maximum absolute atomic E-state index is 6.35. The Balaban J connectivity index is 1.31. The second-order valence-corrected chi connectivity index (χ2v) is 12.1. The van der Waals surface area contributed by atoms with Gasteiger partial charge >= 0.3 is 0 Å². The molecule has 7 aromatic rings. The number of hydrogen-bond donors (Lipinski definition) is 0. The van der Waals surface area contributed by atoms with E-state index in [1.165, 1.54) is 38.2 Å². The first-order chi connectivity index (χ1) is 20.5. The summed E-state index contributed by atoms with van der Waals surface area (Å²) >= 11 is 0. The van der Waals surface area contributed by atoms with Crippen LogP contribution in [-0.2, 0) is 5.41 Å². The fourth-order valence-corrected chi connectivity index (χ4v) is 6.65. The number of para-hydroxylation sites is 2. The predicted octanol–water partition coefficient (Wildman–Crippen LogP) is 11.7. The largest absolute Gasteiger partial charge is 0.449 e. The van der Waals surface area contributed by atoms with E-state index in [-0.39, 0.29) is 5.41 Å². The molecule has 0 radical (unpaired) electrons. The van der Waals surface area contributed by atoms with E-state index in [1.807, 2.05) is 24.3 Å². The van der Waals surface area contributed by atoms with Crippen molar-refractivity contribution < 1.29 is 9.47 Å². The van der Waals surface area contributed by atoms with Crippen LogP contribution < -0.4 is 9.47 Å². The van der Waals surface area contributed by atoms with Crippen LogP contribution in [0, 0.1) is 0 Å². The van der Waals surface area contributed by atoms with Crippen LogP contribution in [0.3, 0.4) is 0 Å². The first-order valence-corrected chi connectivity index (χ1v) is 14.5. The topological polar surface area (TPSA) is 18.5 Å². The molecule has 7 aromatic carbocycles. The van der Waals surface area contributed by atoms with Crippen LogP contribution >= 0.6 is 0 Å². The van der Waals surface area contributed by atoms with E-state index in [4.69, 9.17) is 9.47 Å². The molecule has 8 rings (SSSR count). The highest BCUT2D eigenvalue weighted by Crippen LogP contribution is 2.51. The van der Waals surface area contributed by atoms with E-state index < -0.39 is 0 Å². The fourth-order valence-electron chi connectivity index (χ4n) is 6.65. The zero-order valence-electron chi connectivity index (χ0n) is 23.9. The van der Waals surface area contributed by atoms with Gasteiger partial charge in [-0.15, -0.1) is 0 Å². The molecule has 0 spiro atoms. The Hall–Kier alpha value is -5.08. The fraction of sp³-hybridized carbons (Fsp3) is 0.100.